The molecule has 5 nitrogen and oxygen atoms in total. The number of nitrogens with one attached hydrogen (secondary N) is 1. The van der Waals surface area contributed by atoms with E-state index in [1.54, 1.807) is 12.4 Å². The van der Waals surface area contributed by atoms with Crippen molar-refractivity contribution in [3.8, 4) is 0 Å². The van der Waals surface area contributed by atoms with Crippen LogP contribution in [0.25, 0.3) is 0 Å². The van der Waals surface area contributed by atoms with E-state index >= 15 is 0 Å². The number of nitrogens with two attached hydrogens (primary N) is 1. The Balaban J connectivity index is 1.98. The van der Waals surface area contributed by atoms with Gasteiger partial charge in [0.25, 0.3) is 0 Å². The summed E-state index contributed by atoms with van der Waals surface area (Å²) in [6.45, 7) is 4.34. The quantitative estimate of drug-likeness (QED) is 0.597. The average molecular weight is 273 g/mol. The molecular formula is C15H23N5. The zero-order valence-corrected chi connectivity index (χ0v) is 12.2. The fourth-order valence-corrected chi connectivity index (χ4v) is 2.16. The average Bonchev–Trinajstić information content (AvgIpc) is 2.95. The van der Waals surface area contributed by atoms with Gasteiger partial charge in [-0.25, -0.2) is 0 Å². The summed E-state index contributed by atoms with van der Waals surface area (Å²) in [6, 6.07) is 6.72. The van der Waals surface area contributed by atoms with Crippen LogP contribution < -0.4 is 11.3 Å². The van der Waals surface area contributed by atoms with Gasteiger partial charge in [0.05, 0.1) is 5.69 Å². The monoisotopic (exact) mass is 273 g/mol. The lowest BCUT2D eigenvalue weighted by molar-refractivity contribution is 0.464. The highest BCUT2D eigenvalue weighted by molar-refractivity contribution is 5.13. The maximum Gasteiger partial charge on any atom is 0.0640 e. The second-order valence-corrected chi connectivity index (χ2v) is 5.17. The zero-order valence-electron chi connectivity index (χ0n) is 12.2. The smallest absolute Gasteiger partial charge is 0.0640 e. The molecule has 0 bridgehead atoms. The number of pyridine rings is 1. The van der Waals surface area contributed by atoms with Crippen molar-refractivity contribution in [2.75, 3.05) is 0 Å². The van der Waals surface area contributed by atoms with Crippen LogP contribution in [0.15, 0.2) is 36.8 Å². The topological polar surface area (TPSA) is 68.8 Å². The Kier molecular flexibility index (Phi) is 5.26. The Morgan fingerprint density at radius 2 is 2.00 bits per heavy atom. The summed E-state index contributed by atoms with van der Waals surface area (Å²) in [6.07, 6.45) is 8.43. The molecule has 2 aromatic heterocycles. The molecule has 0 aromatic carbocycles. The third-order valence-electron chi connectivity index (χ3n) is 3.63. The maximum absolute atomic E-state index is 5.66. The predicted octanol–water partition coefficient (Wildman–Crippen LogP) is 1.87. The van der Waals surface area contributed by atoms with Crippen LogP contribution in [-0.2, 0) is 12.8 Å². The number of rotatable bonds is 7. The van der Waals surface area contributed by atoms with Gasteiger partial charge in [0.1, 0.15) is 0 Å². The lowest BCUT2D eigenvalue weighted by Crippen LogP contribution is -2.38. The van der Waals surface area contributed by atoms with Crippen LogP contribution in [-0.4, -0.2) is 20.8 Å². The summed E-state index contributed by atoms with van der Waals surface area (Å²) in [4.78, 5) is 4.03. The Hall–Kier alpha value is -1.72. The van der Waals surface area contributed by atoms with Gasteiger partial charge in [-0.1, -0.05) is 6.92 Å². The lowest BCUT2D eigenvalue weighted by atomic mass is 10.0. The van der Waals surface area contributed by atoms with E-state index in [4.69, 9.17) is 5.84 Å². The highest BCUT2D eigenvalue weighted by atomic mass is 15.3. The third-order valence-corrected chi connectivity index (χ3v) is 3.63. The minimum absolute atomic E-state index is 0.178. The van der Waals surface area contributed by atoms with E-state index in [1.165, 1.54) is 5.56 Å². The molecule has 0 spiro atoms. The van der Waals surface area contributed by atoms with E-state index in [9.17, 15) is 0 Å². The van der Waals surface area contributed by atoms with Gasteiger partial charge in [0, 0.05) is 37.1 Å². The van der Waals surface area contributed by atoms with E-state index < -0.39 is 0 Å². The summed E-state index contributed by atoms with van der Waals surface area (Å²) in [5.41, 5.74) is 5.18. The van der Waals surface area contributed by atoms with Crippen molar-refractivity contribution in [2.24, 2.45) is 5.84 Å². The molecule has 0 aliphatic rings. The summed E-state index contributed by atoms with van der Waals surface area (Å²) < 4.78 is 2.02. The number of hydrogen-bond donors (Lipinski definition) is 2. The van der Waals surface area contributed by atoms with Crippen molar-refractivity contribution in [3.05, 3.63) is 48.0 Å². The molecule has 5 heteroatoms. The van der Waals surface area contributed by atoms with E-state index in [1.807, 2.05) is 23.0 Å². The molecule has 3 N–H and O–H groups in total. The number of hydrazine groups is 1. The standard InChI is InChI=1S/C15H23N5/c1-3-12(2)20-9-6-14(19-20)11-15(18-16)10-13-4-7-17-8-5-13/h4-9,12,15,18H,3,10-11,16H2,1-2H3. The van der Waals surface area contributed by atoms with Crippen LogP contribution in [0.5, 0.6) is 0 Å². The molecule has 0 saturated heterocycles. The molecule has 2 heterocycles. The Morgan fingerprint density at radius 1 is 1.25 bits per heavy atom. The maximum atomic E-state index is 5.66. The van der Waals surface area contributed by atoms with Crippen molar-refractivity contribution in [2.45, 2.75) is 45.2 Å². The van der Waals surface area contributed by atoms with E-state index in [-0.39, 0.29) is 6.04 Å². The van der Waals surface area contributed by atoms with Crippen molar-refractivity contribution < 1.29 is 0 Å². The van der Waals surface area contributed by atoms with Gasteiger partial charge >= 0.3 is 0 Å². The molecule has 0 aliphatic carbocycles. The van der Waals surface area contributed by atoms with Gasteiger partial charge in [0.2, 0.25) is 0 Å². The molecule has 2 atom stereocenters. The molecule has 0 saturated carbocycles. The predicted molar refractivity (Wildman–Crippen MR) is 80.0 cm³/mol. The number of hydrogen-bond acceptors (Lipinski definition) is 4. The summed E-state index contributed by atoms with van der Waals surface area (Å²) in [5, 5.41) is 4.62. The molecule has 2 aromatic rings. The Labute approximate surface area is 120 Å². The van der Waals surface area contributed by atoms with Crippen LogP contribution in [0.3, 0.4) is 0 Å². The van der Waals surface area contributed by atoms with Gasteiger partial charge in [-0.05, 0) is 43.5 Å². The van der Waals surface area contributed by atoms with Gasteiger partial charge in [-0.3, -0.25) is 20.9 Å². The molecule has 2 rings (SSSR count). The van der Waals surface area contributed by atoms with Crippen LogP contribution >= 0.6 is 0 Å². The molecule has 0 fully saturated rings. The second-order valence-electron chi connectivity index (χ2n) is 5.17. The first kappa shape index (κ1) is 14.7. The SMILES string of the molecule is CCC(C)n1ccc(CC(Cc2ccncc2)NN)n1. The summed E-state index contributed by atoms with van der Waals surface area (Å²) in [5.74, 6) is 5.66. The van der Waals surface area contributed by atoms with Crippen molar-refractivity contribution in [1.29, 1.82) is 0 Å². The zero-order chi connectivity index (χ0) is 14.4. The number of aromatic nitrogens is 3. The van der Waals surface area contributed by atoms with Gasteiger partial charge in [-0.2, -0.15) is 5.10 Å². The normalized spacial score (nSPS) is 14.2. The molecule has 20 heavy (non-hydrogen) atoms. The summed E-state index contributed by atoms with van der Waals surface area (Å²) >= 11 is 0. The van der Waals surface area contributed by atoms with Crippen molar-refractivity contribution >= 4 is 0 Å². The minimum atomic E-state index is 0.178. The minimum Gasteiger partial charge on any atom is -0.271 e. The van der Waals surface area contributed by atoms with Gasteiger partial charge in [0.15, 0.2) is 0 Å². The third kappa shape index (κ3) is 3.88. The first-order valence-corrected chi connectivity index (χ1v) is 7.12. The van der Waals surface area contributed by atoms with Crippen molar-refractivity contribution in [3.63, 3.8) is 0 Å². The first-order valence-electron chi connectivity index (χ1n) is 7.12. The van der Waals surface area contributed by atoms with Crippen molar-refractivity contribution in [1.82, 2.24) is 20.2 Å². The van der Waals surface area contributed by atoms with Crippen LogP contribution in [0, 0.1) is 0 Å². The highest BCUT2D eigenvalue weighted by Gasteiger charge is 2.12. The second kappa shape index (κ2) is 7.17. The lowest BCUT2D eigenvalue weighted by Gasteiger charge is -2.14. The molecular weight excluding hydrogens is 250 g/mol. The van der Waals surface area contributed by atoms with E-state index in [2.05, 4.69) is 35.4 Å². The largest absolute Gasteiger partial charge is 0.271 e. The number of nitrogens with zero attached hydrogens (tertiary/aromatic N) is 3. The molecule has 0 radical (unpaired) electrons. The molecule has 0 aliphatic heterocycles. The first-order chi connectivity index (χ1) is 9.72. The van der Waals surface area contributed by atoms with E-state index in [0.29, 0.717) is 6.04 Å². The fraction of sp³-hybridized carbons (Fsp3) is 0.467. The molecule has 2 unspecified atom stereocenters. The van der Waals surface area contributed by atoms with Crippen LogP contribution in [0.1, 0.15) is 37.6 Å². The fourth-order valence-electron chi connectivity index (χ4n) is 2.16. The Morgan fingerprint density at radius 3 is 2.65 bits per heavy atom. The summed E-state index contributed by atoms with van der Waals surface area (Å²) in [7, 11) is 0. The van der Waals surface area contributed by atoms with Crippen LogP contribution in [0.2, 0.25) is 0 Å². The van der Waals surface area contributed by atoms with Crippen LogP contribution in [0.4, 0.5) is 0 Å². The van der Waals surface area contributed by atoms with E-state index in [0.717, 1.165) is 25.0 Å². The Bertz CT molecular complexity index is 508. The van der Waals surface area contributed by atoms with Gasteiger partial charge in [-0.15, -0.1) is 0 Å². The molecule has 108 valence electrons. The highest BCUT2D eigenvalue weighted by Crippen LogP contribution is 2.11. The van der Waals surface area contributed by atoms with Gasteiger partial charge < -0.3 is 0 Å². The molecule has 0 amide bonds.